The largest absolute Gasteiger partial charge is 0.493 e. The number of methoxy groups -OCH3 is 1. The number of hydrogen-bond acceptors (Lipinski definition) is 3. The minimum absolute atomic E-state index is 0.107. The third-order valence-corrected chi connectivity index (χ3v) is 4.13. The molecule has 0 aromatic heterocycles. The molecule has 1 aromatic carbocycles. The number of benzene rings is 1. The van der Waals surface area contributed by atoms with Gasteiger partial charge < -0.3 is 15.2 Å². The van der Waals surface area contributed by atoms with Gasteiger partial charge in [-0.05, 0) is 49.8 Å². The molecule has 0 radical (unpaired) electrons. The van der Waals surface area contributed by atoms with Crippen molar-refractivity contribution in [2.75, 3.05) is 7.11 Å². The first kappa shape index (κ1) is 14.2. The van der Waals surface area contributed by atoms with E-state index in [2.05, 4.69) is 6.92 Å². The lowest BCUT2D eigenvalue weighted by molar-refractivity contribution is 0.0980. The molecule has 0 saturated heterocycles. The molecule has 3 atom stereocenters. The third-order valence-electron chi connectivity index (χ3n) is 4.13. The van der Waals surface area contributed by atoms with Crippen LogP contribution in [0.25, 0.3) is 0 Å². The molecule has 0 spiro atoms. The van der Waals surface area contributed by atoms with Gasteiger partial charge in [-0.1, -0.05) is 19.4 Å². The van der Waals surface area contributed by atoms with E-state index in [1.807, 2.05) is 25.1 Å². The molecule has 0 aliphatic heterocycles. The van der Waals surface area contributed by atoms with Crippen molar-refractivity contribution in [3.05, 3.63) is 23.8 Å². The van der Waals surface area contributed by atoms with Crippen molar-refractivity contribution >= 4 is 0 Å². The number of aryl methyl sites for hydroxylation is 1. The van der Waals surface area contributed by atoms with Crippen LogP contribution in [-0.2, 0) is 0 Å². The van der Waals surface area contributed by atoms with Crippen LogP contribution in [0.5, 0.6) is 11.5 Å². The number of rotatable bonds is 4. The van der Waals surface area contributed by atoms with Gasteiger partial charge in [0.15, 0.2) is 11.5 Å². The lowest BCUT2D eigenvalue weighted by atomic mass is 9.83. The highest BCUT2D eigenvalue weighted by Gasteiger charge is 2.29. The van der Waals surface area contributed by atoms with Crippen LogP contribution in [0.2, 0.25) is 0 Å². The van der Waals surface area contributed by atoms with Crippen LogP contribution in [0.3, 0.4) is 0 Å². The molecule has 3 unspecified atom stereocenters. The maximum absolute atomic E-state index is 6.20. The first-order chi connectivity index (χ1) is 9.13. The van der Waals surface area contributed by atoms with E-state index in [1.54, 1.807) is 7.11 Å². The van der Waals surface area contributed by atoms with Crippen molar-refractivity contribution in [1.29, 1.82) is 0 Å². The Hall–Kier alpha value is -1.22. The summed E-state index contributed by atoms with van der Waals surface area (Å²) in [6.45, 7) is 4.29. The highest BCUT2D eigenvalue weighted by molar-refractivity contribution is 5.42. The Morgan fingerprint density at radius 2 is 2.05 bits per heavy atom. The number of ether oxygens (including phenoxy) is 2. The maximum atomic E-state index is 6.20. The molecule has 0 heterocycles. The molecule has 0 amide bonds. The molecule has 3 nitrogen and oxygen atoms in total. The monoisotopic (exact) mass is 263 g/mol. The van der Waals surface area contributed by atoms with Crippen LogP contribution < -0.4 is 15.2 Å². The topological polar surface area (TPSA) is 44.5 Å². The second kappa shape index (κ2) is 6.29. The summed E-state index contributed by atoms with van der Waals surface area (Å²) in [4.78, 5) is 0. The summed E-state index contributed by atoms with van der Waals surface area (Å²) in [5.74, 6) is 2.34. The molecular weight excluding hydrogens is 238 g/mol. The second-order valence-electron chi connectivity index (χ2n) is 5.56. The predicted molar refractivity (Wildman–Crippen MR) is 77.8 cm³/mol. The molecule has 0 bridgehead atoms. The smallest absolute Gasteiger partial charge is 0.161 e. The fourth-order valence-electron chi connectivity index (χ4n) is 2.78. The molecule has 3 heteroatoms. The Labute approximate surface area is 116 Å². The van der Waals surface area contributed by atoms with Crippen LogP contribution in [0.1, 0.15) is 38.2 Å². The summed E-state index contributed by atoms with van der Waals surface area (Å²) >= 11 is 0. The summed E-state index contributed by atoms with van der Waals surface area (Å²) in [5, 5.41) is 0. The molecule has 1 saturated carbocycles. The van der Waals surface area contributed by atoms with Gasteiger partial charge in [0.25, 0.3) is 0 Å². The number of nitrogens with two attached hydrogens (primary N) is 1. The first-order valence-electron chi connectivity index (χ1n) is 7.21. The van der Waals surface area contributed by atoms with E-state index in [4.69, 9.17) is 15.2 Å². The van der Waals surface area contributed by atoms with E-state index >= 15 is 0 Å². The van der Waals surface area contributed by atoms with Gasteiger partial charge in [-0.25, -0.2) is 0 Å². The Kier molecular flexibility index (Phi) is 4.70. The molecule has 1 aliphatic carbocycles. The molecule has 1 aromatic rings. The highest BCUT2D eigenvalue weighted by atomic mass is 16.5. The van der Waals surface area contributed by atoms with E-state index < -0.39 is 0 Å². The molecule has 2 N–H and O–H groups in total. The van der Waals surface area contributed by atoms with E-state index in [1.165, 1.54) is 18.4 Å². The molecule has 2 rings (SSSR count). The van der Waals surface area contributed by atoms with Crippen LogP contribution in [0.4, 0.5) is 0 Å². The average Bonchev–Trinajstić information content (AvgIpc) is 2.43. The molecule has 1 aliphatic rings. The Morgan fingerprint density at radius 1 is 1.26 bits per heavy atom. The van der Waals surface area contributed by atoms with Crippen molar-refractivity contribution in [2.45, 2.75) is 51.7 Å². The minimum atomic E-state index is 0.107. The van der Waals surface area contributed by atoms with Crippen molar-refractivity contribution in [1.82, 2.24) is 0 Å². The quantitative estimate of drug-likeness (QED) is 0.906. The fraction of sp³-hybridized carbons (Fsp3) is 0.625. The summed E-state index contributed by atoms with van der Waals surface area (Å²) in [6, 6.07) is 6.16. The minimum Gasteiger partial charge on any atom is -0.493 e. The van der Waals surface area contributed by atoms with Gasteiger partial charge in [0, 0.05) is 6.04 Å². The molecule has 19 heavy (non-hydrogen) atoms. The van der Waals surface area contributed by atoms with Crippen molar-refractivity contribution in [2.24, 2.45) is 11.7 Å². The lowest BCUT2D eigenvalue weighted by Crippen LogP contribution is -2.43. The van der Waals surface area contributed by atoms with Gasteiger partial charge in [-0.2, -0.15) is 0 Å². The first-order valence-corrected chi connectivity index (χ1v) is 7.21. The van der Waals surface area contributed by atoms with Gasteiger partial charge in [-0.3, -0.25) is 0 Å². The molecule has 106 valence electrons. The lowest BCUT2D eigenvalue weighted by Gasteiger charge is -2.34. The third kappa shape index (κ3) is 3.41. The Balaban J connectivity index is 2.11. The molecular formula is C16H25NO2. The van der Waals surface area contributed by atoms with Gasteiger partial charge in [0.1, 0.15) is 6.10 Å². The van der Waals surface area contributed by atoms with E-state index in [-0.39, 0.29) is 12.1 Å². The van der Waals surface area contributed by atoms with Gasteiger partial charge in [0.05, 0.1) is 7.11 Å². The average molecular weight is 263 g/mol. The fourth-order valence-corrected chi connectivity index (χ4v) is 2.78. The second-order valence-corrected chi connectivity index (χ2v) is 5.56. The number of hydrogen-bond donors (Lipinski definition) is 1. The maximum Gasteiger partial charge on any atom is 0.161 e. The van der Waals surface area contributed by atoms with E-state index in [0.29, 0.717) is 0 Å². The SMILES string of the molecule is CCC1CCC(N)C(Oc2ccc(C)cc2OC)C1. The zero-order valence-corrected chi connectivity index (χ0v) is 12.2. The van der Waals surface area contributed by atoms with E-state index in [9.17, 15) is 0 Å². The van der Waals surface area contributed by atoms with E-state index in [0.717, 1.165) is 30.3 Å². The van der Waals surface area contributed by atoms with Crippen LogP contribution >= 0.6 is 0 Å². The zero-order valence-electron chi connectivity index (χ0n) is 12.2. The Morgan fingerprint density at radius 3 is 2.74 bits per heavy atom. The summed E-state index contributed by atoms with van der Waals surface area (Å²) in [7, 11) is 1.68. The van der Waals surface area contributed by atoms with Crippen LogP contribution in [0, 0.1) is 12.8 Å². The van der Waals surface area contributed by atoms with Crippen molar-refractivity contribution < 1.29 is 9.47 Å². The summed E-state index contributed by atoms with van der Waals surface area (Å²) < 4.78 is 11.5. The standard InChI is InChI=1S/C16H25NO2/c1-4-12-6-7-13(17)15(10-12)19-14-8-5-11(2)9-16(14)18-3/h5,8-9,12-13,15H,4,6-7,10,17H2,1-3H3. The van der Waals surface area contributed by atoms with Crippen molar-refractivity contribution in [3.63, 3.8) is 0 Å². The highest BCUT2D eigenvalue weighted by Crippen LogP contribution is 2.33. The van der Waals surface area contributed by atoms with Crippen LogP contribution in [-0.4, -0.2) is 19.3 Å². The van der Waals surface area contributed by atoms with Gasteiger partial charge >= 0.3 is 0 Å². The van der Waals surface area contributed by atoms with Gasteiger partial charge in [-0.15, -0.1) is 0 Å². The summed E-state index contributed by atoms with van der Waals surface area (Å²) in [6.07, 6.45) is 4.64. The normalized spacial score (nSPS) is 27.1. The zero-order chi connectivity index (χ0) is 13.8. The van der Waals surface area contributed by atoms with Crippen LogP contribution in [0.15, 0.2) is 18.2 Å². The Bertz CT molecular complexity index is 419. The molecule has 1 fully saturated rings. The predicted octanol–water partition coefficient (Wildman–Crippen LogP) is 3.29. The van der Waals surface area contributed by atoms with Gasteiger partial charge in [0.2, 0.25) is 0 Å². The summed E-state index contributed by atoms with van der Waals surface area (Å²) in [5.41, 5.74) is 7.37. The van der Waals surface area contributed by atoms with Crippen molar-refractivity contribution in [3.8, 4) is 11.5 Å².